The van der Waals surface area contributed by atoms with Crippen molar-refractivity contribution in [3.05, 3.63) is 42.7 Å². The van der Waals surface area contributed by atoms with Crippen molar-refractivity contribution < 1.29 is 0 Å². The maximum atomic E-state index is 9.12. The largest absolute Gasteiger partial charge is 0.369 e. The van der Waals surface area contributed by atoms with Crippen molar-refractivity contribution in [1.82, 2.24) is 19.9 Å². The summed E-state index contributed by atoms with van der Waals surface area (Å²) in [6.45, 7) is 9.61. The molecular weight excluding hydrogens is 424 g/mol. The van der Waals surface area contributed by atoms with Crippen LogP contribution in [0.2, 0.25) is 0 Å². The zero-order chi connectivity index (χ0) is 23.1. The summed E-state index contributed by atoms with van der Waals surface area (Å²) >= 11 is 0. The Labute approximate surface area is 200 Å². The summed E-state index contributed by atoms with van der Waals surface area (Å²) in [6.07, 6.45) is 5.87. The number of nitrogens with one attached hydrogen (secondary N) is 1. The fourth-order valence-corrected chi connectivity index (χ4v) is 5.71. The predicted octanol–water partition coefficient (Wildman–Crippen LogP) is 3.65. The first-order chi connectivity index (χ1) is 16.6. The molecular formula is C26H30N8. The van der Waals surface area contributed by atoms with Gasteiger partial charge in [-0.15, -0.1) is 0 Å². The van der Waals surface area contributed by atoms with Crippen LogP contribution in [0.3, 0.4) is 0 Å². The minimum Gasteiger partial charge on any atom is -0.369 e. The molecule has 3 fully saturated rings. The van der Waals surface area contributed by atoms with Gasteiger partial charge >= 0.3 is 0 Å². The van der Waals surface area contributed by atoms with Gasteiger partial charge in [-0.05, 0) is 37.6 Å². The highest BCUT2D eigenvalue weighted by Gasteiger charge is 2.52. The maximum absolute atomic E-state index is 9.12. The first kappa shape index (κ1) is 21.1. The lowest BCUT2D eigenvalue weighted by Gasteiger charge is -2.58. The van der Waals surface area contributed by atoms with Crippen LogP contribution in [0.25, 0.3) is 10.9 Å². The minimum absolute atomic E-state index is 0.243. The highest BCUT2D eigenvalue weighted by atomic mass is 15.3. The number of benzene rings is 1. The number of para-hydroxylation sites is 1. The van der Waals surface area contributed by atoms with E-state index in [0.717, 1.165) is 86.8 Å². The van der Waals surface area contributed by atoms with Crippen molar-refractivity contribution in [2.24, 2.45) is 11.3 Å². The molecule has 3 aliphatic rings. The van der Waals surface area contributed by atoms with Crippen molar-refractivity contribution in [2.75, 3.05) is 60.9 Å². The standard InChI is InChI=1S/C26H30N8/c1-2-32-8-10-33(11-9-32)21-6-7-23(28-16-21)30-25-29-15-20-4-3-5-22(24(20)31-25)34-17-26(18-34)12-19(13-26)14-27/h3-7,15-16,19H,2,8-13,17-18H2,1H3,(H,28,29,30,31). The van der Waals surface area contributed by atoms with E-state index in [-0.39, 0.29) is 5.92 Å². The number of hydrogen-bond donors (Lipinski definition) is 1. The summed E-state index contributed by atoms with van der Waals surface area (Å²) in [5.41, 5.74) is 3.59. The molecule has 8 nitrogen and oxygen atoms in total. The lowest BCUT2D eigenvalue weighted by Crippen LogP contribution is -2.62. The molecule has 1 aromatic carbocycles. The molecule has 174 valence electrons. The van der Waals surface area contributed by atoms with Gasteiger partial charge in [-0.1, -0.05) is 19.1 Å². The van der Waals surface area contributed by atoms with Crippen LogP contribution in [0.1, 0.15) is 19.8 Å². The quantitative estimate of drug-likeness (QED) is 0.625. The summed E-state index contributed by atoms with van der Waals surface area (Å²) in [7, 11) is 0. The zero-order valence-electron chi connectivity index (χ0n) is 19.6. The Morgan fingerprint density at radius 1 is 1.03 bits per heavy atom. The second-order valence-electron chi connectivity index (χ2n) is 9.95. The lowest BCUT2D eigenvalue weighted by molar-refractivity contribution is 0.0520. The average molecular weight is 455 g/mol. The van der Waals surface area contributed by atoms with Crippen molar-refractivity contribution in [1.29, 1.82) is 5.26 Å². The van der Waals surface area contributed by atoms with E-state index in [4.69, 9.17) is 10.2 Å². The average Bonchev–Trinajstić information content (AvgIpc) is 2.83. The summed E-state index contributed by atoms with van der Waals surface area (Å²) < 4.78 is 0. The molecule has 2 aliphatic heterocycles. The predicted molar refractivity (Wildman–Crippen MR) is 134 cm³/mol. The number of hydrogen-bond acceptors (Lipinski definition) is 8. The molecule has 1 N–H and O–H groups in total. The van der Waals surface area contributed by atoms with E-state index < -0.39 is 0 Å². The highest BCUT2D eigenvalue weighted by Crippen LogP contribution is 2.53. The van der Waals surface area contributed by atoms with Crippen LogP contribution in [0.15, 0.2) is 42.7 Å². The number of piperazine rings is 1. The number of pyridine rings is 1. The van der Waals surface area contributed by atoms with Gasteiger partial charge in [0.1, 0.15) is 5.82 Å². The lowest BCUT2D eigenvalue weighted by atomic mass is 9.58. The monoisotopic (exact) mass is 454 g/mol. The molecule has 6 rings (SSSR count). The molecule has 0 atom stereocenters. The number of nitrogens with zero attached hydrogens (tertiary/aromatic N) is 7. The summed E-state index contributed by atoms with van der Waals surface area (Å²) in [5.74, 6) is 1.54. The van der Waals surface area contributed by atoms with Crippen molar-refractivity contribution in [2.45, 2.75) is 19.8 Å². The molecule has 2 aromatic heterocycles. The van der Waals surface area contributed by atoms with E-state index in [0.29, 0.717) is 11.4 Å². The van der Waals surface area contributed by atoms with Crippen molar-refractivity contribution in [3.63, 3.8) is 0 Å². The number of rotatable bonds is 5. The van der Waals surface area contributed by atoms with Gasteiger partial charge in [0.2, 0.25) is 5.95 Å². The van der Waals surface area contributed by atoms with Gasteiger partial charge in [0.25, 0.3) is 0 Å². The van der Waals surface area contributed by atoms with E-state index in [1.54, 1.807) is 0 Å². The van der Waals surface area contributed by atoms with Gasteiger partial charge in [-0.3, -0.25) is 0 Å². The van der Waals surface area contributed by atoms with Crippen LogP contribution in [0.5, 0.6) is 0 Å². The molecule has 34 heavy (non-hydrogen) atoms. The molecule has 2 saturated heterocycles. The fourth-order valence-electron chi connectivity index (χ4n) is 5.71. The van der Waals surface area contributed by atoms with Crippen LogP contribution in [0, 0.1) is 22.7 Å². The fraction of sp³-hybridized carbons (Fsp3) is 0.462. The summed E-state index contributed by atoms with van der Waals surface area (Å²) in [5, 5.41) is 13.4. The number of anilines is 4. The Bertz CT molecular complexity index is 1210. The Morgan fingerprint density at radius 2 is 1.85 bits per heavy atom. The Hall–Kier alpha value is -3.44. The number of aromatic nitrogens is 3. The van der Waals surface area contributed by atoms with Crippen LogP contribution in [-0.2, 0) is 0 Å². The topological polar surface area (TPSA) is 84.2 Å². The molecule has 0 amide bonds. The van der Waals surface area contributed by atoms with Crippen molar-refractivity contribution in [3.8, 4) is 6.07 Å². The van der Waals surface area contributed by atoms with Crippen LogP contribution in [0.4, 0.5) is 23.1 Å². The Kier molecular flexibility index (Phi) is 5.22. The van der Waals surface area contributed by atoms with Gasteiger partial charge < -0.3 is 20.0 Å². The third-order valence-electron chi connectivity index (χ3n) is 7.70. The minimum atomic E-state index is 0.243. The normalized spacial score (nSPS) is 20.1. The van der Waals surface area contributed by atoms with E-state index in [9.17, 15) is 0 Å². The van der Waals surface area contributed by atoms with Gasteiger partial charge in [-0.2, -0.15) is 5.26 Å². The molecule has 1 spiro atoms. The van der Waals surface area contributed by atoms with Crippen LogP contribution < -0.4 is 15.1 Å². The van der Waals surface area contributed by atoms with E-state index in [2.05, 4.69) is 67.2 Å². The van der Waals surface area contributed by atoms with Gasteiger partial charge in [0.05, 0.1) is 29.2 Å². The second kappa shape index (κ2) is 8.41. The van der Waals surface area contributed by atoms with Gasteiger partial charge in [0.15, 0.2) is 0 Å². The summed E-state index contributed by atoms with van der Waals surface area (Å²) in [6, 6.07) is 12.8. The van der Waals surface area contributed by atoms with Crippen LogP contribution in [-0.4, -0.2) is 65.7 Å². The Morgan fingerprint density at radius 3 is 2.56 bits per heavy atom. The number of likely N-dealkylation sites (N-methyl/N-ethyl adjacent to an activating group) is 1. The number of nitriles is 1. The molecule has 4 heterocycles. The first-order valence-electron chi connectivity index (χ1n) is 12.3. The molecule has 3 aromatic rings. The second-order valence-corrected chi connectivity index (χ2v) is 9.95. The molecule has 1 saturated carbocycles. The van der Waals surface area contributed by atoms with E-state index >= 15 is 0 Å². The molecule has 0 radical (unpaired) electrons. The number of fused-ring (bicyclic) bond motifs is 1. The van der Waals surface area contributed by atoms with E-state index in [1.807, 2.05) is 18.5 Å². The SMILES string of the molecule is CCN1CCN(c2ccc(Nc3ncc4cccc(N5CC6(CC(C#N)C6)C5)c4n3)nc2)CC1. The van der Waals surface area contributed by atoms with Gasteiger partial charge in [-0.25, -0.2) is 15.0 Å². The third-order valence-corrected chi connectivity index (χ3v) is 7.70. The van der Waals surface area contributed by atoms with E-state index in [1.165, 1.54) is 0 Å². The van der Waals surface area contributed by atoms with Gasteiger partial charge in [0, 0.05) is 62.2 Å². The Balaban J connectivity index is 1.15. The third kappa shape index (κ3) is 3.80. The molecule has 8 heteroatoms. The van der Waals surface area contributed by atoms with Crippen LogP contribution >= 0.6 is 0 Å². The maximum Gasteiger partial charge on any atom is 0.228 e. The summed E-state index contributed by atoms with van der Waals surface area (Å²) in [4.78, 5) is 21.2. The molecule has 0 unspecified atom stereocenters. The van der Waals surface area contributed by atoms with Crippen molar-refractivity contribution >= 4 is 34.0 Å². The zero-order valence-corrected chi connectivity index (χ0v) is 19.6. The molecule has 0 bridgehead atoms. The molecule has 1 aliphatic carbocycles. The highest BCUT2D eigenvalue weighted by molar-refractivity contribution is 5.91. The smallest absolute Gasteiger partial charge is 0.228 e. The first-order valence-corrected chi connectivity index (χ1v) is 12.3.